The molecular formula is C35H29ClN4O3S2. The first-order valence-electron chi connectivity index (χ1n) is 14.0. The van der Waals surface area contributed by atoms with Crippen LogP contribution in [0.15, 0.2) is 119 Å². The molecule has 45 heavy (non-hydrogen) atoms. The molecule has 7 nitrogen and oxygen atoms in total. The molecule has 5 rings (SSSR count). The van der Waals surface area contributed by atoms with E-state index in [0.29, 0.717) is 21.4 Å². The molecule has 0 saturated heterocycles. The molecular weight excluding hydrogens is 624 g/mol. The van der Waals surface area contributed by atoms with Crippen molar-refractivity contribution in [2.24, 2.45) is 0 Å². The topological polar surface area (TPSA) is 100 Å². The number of nitrogens with zero attached hydrogens (tertiary/aromatic N) is 1. The largest absolute Gasteiger partial charge is 0.321 e. The standard InChI is InChI=1S/C35H29ClN4O3S2/c1-22-11-13-24(14-12-22)19-30(38-33(42)26-7-4-3-5-8-26)34(43)37-28-9-6-10-29(20-28)45-23(2)32(41)40-35-39-31(21-44-35)25-15-17-27(36)18-16-25/h3-21,23H,1-2H3,(H,37,43)(H,38,42)(H,39,40,41)/b30-19-. The summed E-state index contributed by atoms with van der Waals surface area (Å²) in [5.41, 5.74) is 4.57. The van der Waals surface area contributed by atoms with E-state index in [1.165, 1.54) is 23.1 Å². The molecule has 5 aromatic rings. The lowest BCUT2D eigenvalue weighted by Gasteiger charge is -2.14. The van der Waals surface area contributed by atoms with Crippen LogP contribution in [0.4, 0.5) is 10.8 Å². The van der Waals surface area contributed by atoms with Crippen molar-refractivity contribution in [1.82, 2.24) is 10.3 Å². The molecule has 0 radical (unpaired) electrons. The van der Waals surface area contributed by atoms with Gasteiger partial charge in [0.15, 0.2) is 5.13 Å². The molecule has 0 aliphatic carbocycles. The number of aryl methyl sites for hydroxylation is 1. The van der Waals surface area contributed by atoms with Gasteiger partial charge in [0.25, 0.3) is 11.8 Å². The SMILES string of the molecule is Cc1ccc(/C=C(\NC(=O)c2ccccc2)C(=O)Nc2cccc(SC(C)C(=O)Nc3nc(-c4ccc(Cl)cc4)cs3)c2)cc1. The Kier molecular flexibility index (Phi) is 10.5. The van der Waals surface area contributed by atoms with Crippen molar-refractivity contribution in [2.75, 3.05) is 10.6 Å². The number of thiazole rings is 1. The van der Waals surface area contributed by atoms with Gasteiger partial charge in [0.1, 0.15) is 5.70 Å². The molecule has 0 aliphatic heterocycles. The molecule has 1 aromatic heterocycles. The van der Waals surface area contributed by atoms with Gasteiger partial charge in [0.2, 0.25) is 5.91 Å². The van der Waals surface area contributed by atoms with Crippen LogP contribution in [0, 0.1) is 6.92 Å². The second kappa shape index (κ2) is 14.9. The molecule has 10 heteroatoms. The molecule has 3 amide bonds. The van der Waals surface area contributed by atoms with Gasteiger partial charge in [0, 0.05) is 32.1 Å². The molecule has 0 saturated carbocycles. The molecule has 226 valence electrons. The minimum atomic E-state index is -0.479. The highest BCUT2D eigenvalue weighted by Crippen LogP contribution is 2.29. The lowest BCUT2D eigenvalue weighted by Crippen LogP contribution is -2.30. The summed E-state index contributed by atoms with van der Waals surface area (Å²) < 4.78 is 0. The fraction of sp³-hybridized carbons (Fsp3) is 0.0857. The molecule has 0 aliphatic rings. The van der Waals surface area contributed by atoms with Crippen molar-refractivity contribution >= 4 is 69.3 Å². The van der Waals surface area contributed by atoms with Crippen LogP contribution in [0.25, 0.3) is 17.3 Å². The Bertz CT molecular complexity index is 1840. The van der Waals surface area contributed by atoms with Gasteiger partial charge in [-0.25, -0.2) is 4.98 Å². The third-order valence-corrected chi connectivity index (χ3v) is 8.67. The summed E-state index contributed by atoms with van der Waals surface area (Å²) in [4.78, 5) is 44.7. The number of rotatable bonds is 10. The van der Waals surface area contributed by atoms with Crippen molar-refractivity contribution in [3.8, 4) is 11.3 Å². The zero-order valence-corrected chi connectivity index (χ0v) is 26.8. The van der Waals surface area contributed by atoms with Crippen LogP contribution in [-0.2, 0) is 9.59 Å². The van der Waals surface area contributed by atoms with Crippen molar-refractivity contribution < 1.29 is 14.4 Å². The van der Waals surface area contributed by atoms with Crippen molar-refractivity contribution in [2.45, 2.75) is 24.0 Å². The second-order valence-electron chi connectivity index (χ2n) is 10.1. The summed E-state index contributed by atoms with van der Waals surface area (Å²) in [5, 5.41) is 11.1. The van der Waals surface area contributed by atoms with E-state index in [9.17, 15) is 14.4 Å². The van der Waals surface area contributed by atoms with Gasteiger partial charge in [-0.05, 0) is 68.0 Å². The average molecular weight is 653 g/mol. The van der Waals surface area contributed by atoms with Gasteiger partial charge in [-0.15, -0.1) is 23.1 Å². The highest BCUT2D eigenvalue weighted by molar-refractivity contribution is 8.00. The fourth-order valence-corrected chi connectivity index (χ4v) is 5.94. The smallest absolute Gasteiger partial charge is 0.272 e. The first-order chi connectivity index (χ1) is 21.7. The Morgan fingerprint density at radius 1 is 0.889 bits per heavy atom. The maximum absolute atomic E-state index is 13.4. The first-order valence-corrected chi connectivity index (χ1v) is 16.1. The number of hydrogen-bond donors (Lipinski definition) is 3. The van der Waals surface area contributed by atoms with Gasteiger partial charge >= 0.3 is 0 Å². The van der Waals surface area contributed by atoms with Crippen LogP contribution in [0.1, 0.15) is 28.4 Å². The van der Waals surface area contributed by atoms with Gasteiger partial charge in [-0.2, -0.15) is 0 Å². The molecule has 0 bridgehead atoms. The zero-order chi connectivity index (χ0) is 31.8. The summed E-state index contributed by atoms with van der Waals surface area (Å²) in [7, 11) is 0. The van der Waals surface area contributed by atoms with E-state index in [1.807, 2.05) is 60.8 Å². The average Bonchev–Trinajstić information content (AvgIpc) is 3.51. The number of nitrogens with one attached hydrogen (secondary N) is 3. The Morgan fingerprint density at radius 2 is 1.62 bits per heavy atom. The number of aromatic nitrogens is 1. The lowest BCUT2D eigenvalue weighted by atomic mass is 10.1. The number of benzene rings is 4. The number of halogens is 1. The van der Waals surface area contributed by atoms with E-state index in [1.54, 1.807) is 67.6 Å². The summed E-state index contributed by atoms with van der Waals surface area (Å²) in [6.07, 6.45) is 1.64. The highest BCUT2D eigenvalue weighted by Gasteiger charge is 2.18. The monoisotopic (exact) mass is 652 g/mol. The Morgan fingerprint density at radius 3 is 2.36 bits per heavy atom. The van der Waals surface area contributed by atoms with Crippen molar-refractivity contribution in [3.05, 3.63) is 136 Å². The molecule has 1 heterocycles. The first kappa shape index (κ1) is 31.7. The van der Waals surface area contributed by atoms with E-state index in [0.717, 1.165) is 27.3 Å². The van der Waals surface area contributed by atoms with Gasteiger partial charge in [-0.3, -0.25) is 14.4 Å². The Balaban J connectivity index is 1.25. The fourth-order valence-electron chi connectivity index (χ4n) is 4.17. The van der Waals surface area contributed by atoms with Crippen molar-refractivity contribution in [1.29, 1.82) is 0 Å². The molecule has 0 spiro atoms. The van der Waals surface area contributed by atoms with E-state index < -0.39 is 17.1 Å². The summed E-state index contributed by atoms with van der Waals surface area (Å²) in [6.45, 7) is 3.78. The van der Waals surface area contributed by atoms with Crippen LogP contribution in [-0.4, -0.2) is 28.0 Å². The molecule has 4 aromatic carbocycles. The summed E-state index contributed by atoms with van der Waals surface area (Å²) >= 11 is 8.68. The number of anilines is 2. The second-order valence-corrected chi connectivity index (χ2v) is 12.8. The number of carbonyl (C=O) groups is 3. The molecule has 0 fully saturated rings. The van der Waals surface area contributed by atoms with E-state index in [4.69, 9.17) is 11.6 Å². The predicted octanol–water partition coefficient (Wildman–Crippen LogP) is 8.30. The van der Waals surface area contributed by atoms with Gasteiger partial charge < -0.3 is 16.0 Å². The molecule has 1 atom stereocenters. The van der Waals surface area contributed by atoms with E-state index in [2.05, 4.69) is 20.9 Å². The molecule has 3 N–H and O–H groups in total. The van der Waals surface area contributed by atoms with Crippen LogP contribution >= 0.6 is 34.7 Å². The summed E-state index contributed by atoms with van der Waals surface area (Å²) in [6, 6.07) is 30.9. The quantitative estimate of drug-likeness (QED) is 0.104. The van der Waals surface area contributed by atoms with Crippen LogP contribution in [0.3, 0.4) is 0 Å². The predicted molar refractivity (Wildman–Crippen MR) is 185 cm³/mol. The molecule has 1 unspecified atom stereocenters. The van der Waals surface area contributed by atoms with E-state index in [-0.39, 0.29) is 11.6 Å². The highest BCUT2D eigenvalue weighted by atomic mass is 35.5. The van der Waals surface area contributed by atoms with Gasteiger partial charge in [0.05, 0.1) is 10.9 Å². The van der Waals surface area contributed by atoms with Gasteiger partial charge in [-0.1, -0.05) is 77.8 Å². The number of carbonyl (C=O) groups excluding carboxylic acids is 3. The Labute approximate surface area is 274 Å². The summed E-state index contributed by atoms with van der Waals surface area (Å²) in [5.74, 6) is -1.07. The Hall–Kier alpha value is -4.70. The minimum Gasteiger partial charge on any atom is -0.321 e. The number of amides is 3. The number of hydrogen-bond acceptors (Lipinski definition) is 6. The van der Waals surface area contributed by atoms with E-state index >= 15 is 0 Å². The maximum Gasteiger partial charge on any atom is 0.272 e. The van der Waals surface area contributed by atoms with Crippen molar-refractivity contribution in [3.63, 3.8) is 0 Å². The van der Waals surface area contributed by atoms with Crippen LogP contribution in [0.5, 0.6) is 0 Å². The third-order valence-electron chi connectivity index (χ3n) is 6.57. The lowest BCUT2D eigenvalue weighted by molar-refractivity contribution is -0.115. The maximum atomic E-state index is 13.4. The third kappa shape index (κ3) is 8.92. The number of thioether (sulfide) groups is 1. The van der Waals surface area contributed by atoms with Crippen LogP contribution in [0.2, 0.25) is 5.02 Å². The zero-order valence-electron chi connectivity index (χ0n) is 24.4. The minimum absolute atomic E-state index is 0.0972. The normalized spacial score (nSPS) is 11.8. The van der Waals surface area contributed by atoms with Crippen LogP contribution < -0.4 is 16.0 Å².